The fourth-order valence-electron chi connectivity index (χ4n) is 2.92. The molecule has 0 saturated carbocycles. The van der Waals surface area contributed by atoms with Crippen molar-refractivity contribution in [2.24, 2.45) is 0 Å². The molecule has 0 radical (unpaired) electrons. The average Bonchev–Trinajstić information content (AvgIpc) is 2.98. The molecule has 27 heavy (non-hydrogen) atoms. The number of carbonyl (C=O) groups excluding carboxylic acids is 1. The van der Waals surface area contributed by atoms with Gasteiger partial charge in [-0.2, -0.15) is 0 Å². The van der Waals surface area contributed by atoms with E-state index in [4.69, 9.17) is 9.47 Å². The van der Waals surface area contributed by atoms with E-state index in [1.165, 1.54) is 6.07 Å². The van der Waals surface area contributed by atoms with Gasteiger partial charge in [-0.3, -0.25) is 4.79 Å². The van der Waals surface area contributed by atoms with Crippen LogP contribution in [0.1, 0.15) is 27.0 Å². The van der Waals surface area contributed by atoms with Crippen molar-refractivity contribution in [2.75, 3.05) is 0 Å². The largest absolute Gasteiger partial charge is 0.489 e. The van der Waals surface area contributed by atoms with Crippen molar-refractivity contribution in [3.05, 3.63) is 101 Å². The molecule has 1 aliphatic heterocycles. The molecule has 134 valence electrons. The van der Waals surface area contributed by atoms with Crippen molar-refractivity contribution < 1.29 is 18.7 Å². The van der Waals surface area contributed by atoms with Crippen LogP contribution in [0, 0.1) is 12.7 Å². The Hall–Kier alpha value is -3.40. The maximum atomic E-state index is 13.7. The molecule has 0 aliphatic carbocycles. The molecular formula is C23H17FO3. The Labute approximate surface area is 156 Å². The van der Waals surface area contributed by atoms with Gasteiger partial charge >= 0.3 is 0 Å². The van der Waals surface area contributed by atoms with E-state index in [0.29, 0.717) is 22.6 Å². The SMILES string of the molecule is Cc1ccccc1C=C1Oc2cc(OCc3ccccc3F)ccc2C1=O. The number of halogens is 1. The van der Waals surface area contributed by atoms with E-state index in [1.807, 2.05) is 31.2 Å². The third-order valence-electron chi connectivity index (χ3n) is 4.47. The van der Waals surface area contributed by atoms with Gasteiger partial charge in [-0.25, -0.2) is 4.39 Å². The first-order valence-corrected chi connectivity index (χ1v) is 8.62. The number of aryl methyl sites for hydroxylation is 1. The van der Waals surface area contributed by atoms with Crippen LogP contribution in [0.25, 0.3) is 6.08 Å². The topological polar surface area (TPSA) is 35.5 Å². The Balaban J connectivity index is 1.54. The minimum Gasteiger partial charge on any atom is -0.489 e. The van der Waals surface area contributed by atoms with Crippen LogP contribution in [0.2, 0.25) is 0 Å². The maximum Gasteiger partial charge on any atom is 0.231 e. The Morgan fingerprint density at radius 1 is 1.04 bits per heavy atom. The summed E-state index contributed by atoms with van der Waals surface area (Å²) in [6, 6.07) is 19.3. The molecule has 3 nitrogen and oxygen atoms in total. The first-order valence-electron chi connectivity index (χ1n) is 8.62. The predicted molar refractivity (Wildman–Crippen MR) is 101 cm³/mol. The molecule has 0 unspecified atom stereocenters. The van der Waals surface area contributed by atoms with E-state index in [-0.39, 0.29) is 24.0 Å². The quantitative estimate of drug-likeness (QED) is 0.590. The van der Waals surface area contributed by atoms with Crippen molar-refractivity contribution >= 4 is 11.9 Å². The standard InChI is InChI=1S/C23H17FO3/c1-15-6-2-3-7-16(15)12-22-23(25)19-11-10-18(13-21(19)27-22)26-14-17-8-4-5-9-20(17)24/h2-13H,14H2,1H3. The summed E-state index contributed by atoms with van der Waals surface area (Å²) < 4.78 is 25.1. The molecule has 0 atom stereocenters. The van der Waals surface area contributed by atoms with Gasteiger partial charge in [-0.1, -0.05) is 42.5 Å². The van der Waals surface area contributed by atoms with E-state index in [2.05, 4.69) is 0 Å². The molecule has 1 aliphatic rings. The van der Waals surface area contributed by atoms with Crippen LogP contribution in [0.5, 0.6) is 11.5 Å². The molecule has 0 bridgehead atoms. The minimum atomic E-state index is -0.312. The summed E-state index contributed by atoms with van der Waals surface area (Å²) in [4.78, 5) is 12.6. The van der Waals surface area contributed by atoms with Gasteiger partial charge in [0.25, 0.3) is 0 Å². The number of hydrogen-bond donors (Lipinski definition) is 0. The highest BCUT2D eigenvalue weighted by Gasteiger charge is 2.27. The summed E-state index contributed by atoms with van der Waals surface area (Å²) in [5.74, 6) is 0.779. The van der Waals surface area contributed by atoms with Crippen molar-refractivity contribution in [2.45, 2.75) is 13.5 Å². The lowest BCUT2D eigenvalue weighted by Gasteiger charge is -2.08. The zero-order chi connectivity index (χ0) is 18.8. The van der Waals surface area contributed by atoms with E-state index in [1.54, 1.807) is 42.5 Å². The second-order valence-corrected chi connectivity index (χ2v) is 6.33. The zero-order valence-corrected chi connectivity index (χ0v) is 14.7. The van der Waals surface area contributed by atoms with Crippen LogP contribution in [-0.4, -0.2) is 5.78 Å². The molecule has 4 heteroatoms. The van der Waals surface area contributed by atoms with Crippen molar-refractivity contribution in [1.82, 2.24) is 0 Å². The van der Waals surface area contributed by atoms with E-state index in [0.717, 1.165) is 11.1 Å². The van der Waals surface area contributed by atoms with Crippen molar-refractivity contribution in [1.29, 1.82) is 0 Å². The first-order chi connectivity index (χ1) is 13.1. The lowest BCUT2D eigenvalue weighted by molar-refractivity contribution is 0.101. The summed E-state index contributed by atoms with van der Waals surface area (Å²) in [6.45, 7) is 2.08. The molecule has 3 aromatic carbocycles. The van der Waals surface area contributed by atoms with Crippen molar-refractivity contribution in [3.63, 3.8) is 0 Å². The predicted octanol–water partition coefficient (Wildman–Crippen LogP) is 5.33. The monoisotopic (exact) mass is 360 g/mol. The molecule has 0 fully saturated rings. The summed E-state index contributed by atoms with van der Waals surface area (Å²) in [5.41, 5.74) is 2.96. The maximum absolute atomic E-state index is 13.7. The second kappa shape index (κ2) is 7.08. The number of rotatable bonds is 4. The van der Waals surface area contributed by atoms with Crippen LogP contribution in [0.3, 0.4) is 0 Å². The van der Waals surface area contributed by atoms with Gasteiger partial charge < -0.3 is 9.47 Å². The Morgan fingerprint density at radius 3 is 2.63 bits per heavy atom. The van der Waals surface area contributed by atoms with Gasteiger partial charge in [-0.05, 0) is 42.3 Å². The molecule has 0 N–H and O–H groups in total. The van der Waals surface area contributed by atoms with E-state index < -0.39 is 0 Å². The number of hydrogen-bond acceptors (Lipinski definition) is 3. The molecule has 4 rings (SSSR count). The molecule has 1 heterocycles. The van der Waals surface area contributed by atoms with Crippen LogP contribution < -0.4 is 9.47 Å². The van der Waals surface area contributed by atoms with Crippen LogP contribution in [0.15, 0.2) is 72.5 Å². The van der Waals surface area contributed by atoms with Gasteiger partial charge in [0.05, 0.1) is 5.56 Å². The highest BCUT2D eigenvalue weighted by molar-refractivity contribution is 6.14. The Kier molecular flexibility index (Phi) is 4.47. The van der Waals surface area contributed by atoms with E-state index in [9.17, 15) is 9.18 Å². The highest BCUT2D eigenvalue weighted by atomic mass is 19.1. The normalized spacial score (nSPS) is 14.1. The zero-order valence-electron chi connectivity index (χ0n) is 14.7. The molecule has 0 saturated heterocycles. The number of Topliss-reactive ketones (excluding diaryl/α,β-unsaturated/α-hetero) is 1. The lowest BCUT2D eigenvalue weighted by atomic mass is 10.1. The van der Waals surface area contributed by atoms with Crippen LogP contribution >= 0.6 is 0 Å². The summed E-state index contributed by atoms with van der Waals surface area (Å²) >= 11 is 0. The number of ether oxygens (including phenoxy) is 2. The van der Waals surface area contributed by atoms with Gasteiger partial charge in [0.2, 0.25) is 5.78 Å². The smallest absolute Gasteiger partial charge is 0.231 e. The number of fused-ring (bicyclic) bond motifs is 1. The molecular weight excluding hydrogens is 343 g/mol. The number of benzene rings is 3. The van der Waals surface area contributed by atoms with Crippen LogP contribution in [0.4, 0.5) is 4.39 Å². The van der Waals surface area contributed by atoms with Gasteiger partial charge in [-0.15, -0.1) is 0 Å². The van der Waals surface area contributed by atoms with Crippen molar-refractivity contribution in [3.8, 4) is 11.5 Å². The molecule has 0 spiro atoms. The summed E-state index contributed by atoms with van der Waals surface area (Å²) in [5, 5.41) is 0. The fourth-order valence-corrected chi connectivity index (χ4v) is 2.92. The summed E-state index contributed by atoms with van der Waals surface area (Å²) in [6.07, 6.45) is 1.75. The summed E-state index contributed by atoms with van der Waals surface area (Å²) in [7, 11) is 0. The fraction of sp³-hybridized carbons (Fsp3) is 0.0870. The lowest BCUT2D eigenvalue weighted by Crippen LogP contribution is -1.98. The number of allylic oxidation sites excluding steroid dienone is 1. The number of ketones is 1. The van der Waals surface area contributed by atoms with Crippen LogP contribution in [-0.2, 0) is 6.61 Å². The molecule has 0 aromatic heterocycles. The minimum absolute atomic E-state index is 0.102. The molecule has 3 aromatic rings. The third kappa shape index (κ3) is 3.47. The Morgan fingerprint density at radius 2 is 1.81 bits per heavy atom. The molecule has 0 amide bonds. The van der Waals surface area contributed by atoms with E-state index >= 15 is 0 Å². The average molecular weight is 360 g/mol. The van der Waals surface area contributed by atoms with Gasteiger partial charge in [0.15, 0.2) is 5.76 Å². The third-order valence-corrected chi connectivity index (χ3v) is 4.47. The first kappa shape index (κ1) is 17.0. The number of carbonyl (C=O) groups is 1. The second-order valence-electron chi connectivity index (χ2n) is 6.33. The van der Waals surface area contributed by atoms with Gasteiger partial charge in [0.1, 0.15) is 23.9 Å². The Bertz CT molecular complexity index is 1050. The van der Waals surface area contributed by atoms with Gasteiger partial charge in [0, 0.05) is 11.6 Å². The highest BCUT2D eigenvalue weighted by Crippen LogP contribution is 2.35.